The van der Waals surface area contributed by atoms with Crippen LogP contribution in [0.25, 0.3) is 0 Å². The number of carbonyl (C=O) groups is 1. The van der Waals surface area contributed by atoms with Crippen molar-refractivity contribution in [3.05, 3.63) is 22.8 Å². The van der Waals surface area contributed by atoms with E-state index in [0.717, 1.165) is 24.0 Å². The van der Waals surface area contributed by atoms with E-state index in [2.05, 4.69) is 13.0 Å². The lowest BCUT2D eigenvalue weighted by Gasteiger charge is -2.33. The zero-order valence-electron chi connectivity index (χ0n) is 11.2. The van der Waals surface area contributed by atoms with Gasteiger partial charge in [-0.25, -0.2) is 4.79 Å². The Bertz CT molecular complexity index is 470. The van der Waals surface area contributed by atoms with E-state index in [1.54, 1.807) is 0 Å². The zero-order valence-corrected chi connectivity index (χ0v) is 11.2. The van der Waals surface area contributed by atoms with Gasteiger partial charge < -0.3 is 9.84 Å². The van der Waals surface area contributed by atoms with Gasteiger partial charge in [0.2, 0.25) is 0 Å². The summed E-state index contributed by atoms with van der Waals surface area (Å²) in [5.74, 6) is 0.426. The fraction of sp³-hybridized carbons (Fsp3) is 0.667. The van der Waals surface area contributed by atoms with Gasteiger partial charge in [0.05, 0.1) is 5.60 Å². The predicted octanol–water partition coefficient (Wildman–Crippen LogP) is 2.36. The highest BCUT2D eigenvalue weighted by atomic mass is 16.5. The van der Waals surface area contributed by atoms with Crippen LogP contribution in [-0.2, 0) is 9.53 Å². The van der Waals surface area contributed by atoms with Crippen LogP contribution < -0.4 is 0 Å². The fourth-order valence-electron chi connectivity index (χ4n) is 3.81. The maximum absolute atomic E-state index is 11.7. The molecule has 1 saturated carbocycles. The largest absolute Gasteiger partial charge is 0.454 e. The van der Waals surface area contributed by atoms with Crippen molar-refractivity contribution < 1.29 is 14.6 Å². The minimum absolute atomic E-state index is 0.203. The molecule has 0 aromatic carbocycles. The monoisotopic (exact) mass is 248 g/mol. The molecule has 0 saturated heterocycles. The number of hydrogen-bond donors (Lipinski definition) is 1. The third-order valence-electron chi connectivity index (χ3n) is 5.03. The van der Waals surface area contributed by atoms with Crippen molar-refractivity contribution in [3.8, 4) is 0 Å². The summed E-state index contributed by atoms with van der Waals surface area (Å²) in [6.45, 7) is 5.87. The van der Waals surface area contributed by atoms with E-state index in [-0.39, 0.29) is 18.0 Å². The molecule has 18 heavy (non-hydrogen) atoms. The predicted molar refractivity (Wildman–Crippen MR) is 67.8 cm³/mol. The Morgan fingerprint density at radius 2 is 2.17 bits per heavy atom. The summed E-state index contributed by atoms with van der Waals surface area (Å²) in [6, 6.07) is 0. The molecule has 1 fully saturated rings. The maximum atomic E-state index is 11.7. The summed E-state index contributed by atoms with van der Waals surface area (Å²) < 4.78 is 5.40. The lowest BCUT2D eigenvalue weighted by molar-refractivity contribution is -0.142. The number of aliphatic hydroxyl groups is 1. The van der Waals surface area contributed by atoms with Crippen LogP contribution in [0.5, 0.6) is 0 Å². The van der Waals surface area contributed by atoms with Crippen LogP contribution in [0, 0.1) is 11.8 Å². The zero-order chi connectivity index (χ0) is 13.1. The Balaban J connectivity index is 2.03. The van der Waals surface area contributed by atoms with Gasteiger partial charge in [-0.3, -0.25) is 0 Å². The third kappa shape index (κ3) is 1.57. The first-order chi connectivity index (χ1) is 8.40. The first-order valence-electron chi connectivity index (χ1n) is 6.70. The number of esters is 1. The van der Waals surface area contributed by atoms with Crippen molar-refractivity contribution >= 4 is 5.97 Å². The van der Waals surface area contributed by atoms with Gasteiger partial charge >= 0.3 is 5.97 Å². The molecular weight excluding hydrogens is 228 g/mol. The molecule has 1 N–H and O–H groups in total. The highest BCUT2D eigenvalue weighted by Crippen LogP contribution is 2.49. The Kier molecular flexibility index (Phi) is 2.46. The molecule has 1 aliphatic heterocycles. The molecule has 3 rings (SSSR count). The summed E-state index contributed by atoms with van der Waals surface area (Å²) in [4.78, 5) is 11.7. The number of allylic oxidation sites excluding steroid dienone is 2. The average Bonchev–Trinajstić information content (AvgIpc) is 2.72. The average molecular weight is 248 g/mol. The quantitative estimate of drug-likeness (QED) is 0.529. The minimum atomic E-state index is -0.754. The summed E-state index contributed by atoms with van der Waals surface area (Å²) >= 11 is 0. The molecule has 1 heterocycles. The Labute approximate surface area is 108 Å². The molecule has 3 aliphatic rings. The smallest absolute Gasteiger partial charge is 0.334 e. The van der Waals surface area contributed by atoms with Gasteiger partial charge in [-0.05, 0) is 51.0 Å². The van der Waals surface area contributed by atoms with Crippen molar-refractivity contribution in [1.29, 1.82) is 0 Å². The number of hydrogen-bond acceptors (Lipinski definition) is 3. The molecule has 0 aromatic rings. The number of fused-ring (bicyclic) bond motifs is 2. The van der Waals surface area contributed by atoms with Gasteiger partial charge in [-0.2, -0.15) is 0 Å². The van der Waals surface area contributed by atoms with Gasteiger partial charge in [-0.1, -0.05) is 11.6 Å². The van der Waals surface area contributed by atoms with Crippen LogP contribution in [0.4, 0.5) is 0 Å². The molecule has 0 unspecified atom stereocenters. The molecule has 0 amide bonds. The molecule has 3 heteroatoms. The van der Waals surface area contributed by atoms with E-state index < -0.39 is 5.60 Å². The number of rotatable bonds is 0. The van der Waals surface area contributed by atoms with E-state index in [1.807, 2.05) is 13.8 Å². The maximum Gasteiger partial charge on any atom is 0.334 e. The van der Waals surface area contributed by atoms with E-state index >= 15 is 0 Å². The molecular formula is C15H20O3. The standard InChI is InChI=1S/C15H20O3/c1-8-4-5-12-10(8)6-11-9(2)14(16)18-13(11)7-15(12,3)17/h4,10,12-13,17H,5-7H2,1-3H3/t10-,12+,13-,15+/m1/s1. The fourth-order valence-corrected chi connectivity index (χ4v) is 3.81. The Hall–Kier alpha value is -1.09. The first kappa shape index (κ1) is 12.0. The Morgan fingerprint density at radius 3 is 2.89 bits per heavy atom. The second kappa shape index (κ2) is 3.70. The second-order valence-electron chi connectivity index (χ2n) is 6.21. The van der Waals surface area contributed by atoms with Crippen LogP contribution in [0.2, 0.25) is 0 Å². The minimum Gasteiger partial charge on any atom is -0.454 e. The van der Waals surface area contributed by atoms with Crippen molar-refractivity contribution in [2.75, 3.05) is 0 Å². The van der Waals surface area contributed by atoms with Crippen LogP contribution in [0.15, 0.2) is 22.8 Å². The lowest BCUT2D eigenvalue weighted by atomic mass is 9.78. The van der Waals surface area contributed by atoms with Gasteiger partial charge in [-0.15, -0.1) is 0 Å². The molecule has 98 valence electrons. The van der Waals surface area contributed by atoms with Gasteiger partial charge in [0.15, 0.2) is 0 Å². The lowest BCUT2D eigenvalue weighted by Crippen LogP contribution is -2.38. The second-order valence-corrected chi connectivity index (χ2v) is 6.21. The molecule has 2 aliphatic carbocycles. The Morgan fingerprint density at radius 1 is 1.44 bits per heavy atom. The van der Waals surface area contributed by atoms with Crippen molar-refractivity contribution in [3.63, 3.8) is 0 Å². The van der Waals surface area contributed by atoms with Crippen molar-refractivity contribution in [1.82, 2.24) is 0 Å². The van der Waals surface area contributed by atoms with Gasteiger partial charge in [0, 0.05) is 12.0 Å². The van der Waals surface area contributed by atoms with Gasteiger partial charge in [0.1, 0.15) is 6.10 Å². The van der Waals surface area contributed by atoms with Crippen molar-refractivity contribution in [2.45, 2.75) is 51.7 Å². The summed E-state index contributed by atoms with van der Waals surface area (Å²) in [5, 5.41) is 10.7. The van der Waals surface area contributed by atoms with Crippen molar-refractivity contribution in [2.24, 2.45) is 11.8 Å². The summed E-state index contributed by atoms with van der Waals surface area (Å²) in [6.07, 6.45) is 4.37. The van der Waals surface area contributed by atoms with Crippen LogP contribution >= 0.6 is 0 Å². The first-order valence-corrected chi connectivity index (χ1v) is 6.70. The highest BCUT2D eigenvalue weighted by Gasteiger charge is 2.49. The normalized spacial score (nSPS) is 43.2. The molecule has 0 aromatic heterocycles. The van der Waals surface area contributed by atoms with Crippen LogP contribution in [0.1, 0.15) is 40.0 Å². The molecule has 0 radical (unpaired) electrons. The molecule has 3 nitrogen and oxygen atoms in total. The summed E-state index contributed by atoms with van der Waals surface area (Å²) in [7, 11) is 0. The highest BCUT2D eigenvalue weighted by molar-refractivity contribution is 5.91. The van der Waals surface area contributed by atoms with E-state index in [1.165, 1.54) is 5.57 Å². The van der Waals surface area contributed by atoms with Crippen LogP contribution in [-0.4, -0.2) is 22.8 Å². The molecule has 4 atom stereocenters. The van der Waals surface area contributed by atoms with E-state index in [9.17, 15) is 9.90 Å². The molecule has 0 spiro atoms. The SMILES string of the molecule is CC1=CC[C@H]2[C@@H]1CC1=C(C)C(=O)O[C@@H]1C[C@]2(C)O. The third-order valence-corrected chi connectivity index (χ3v) is 5.03. The molecule has 0 bridgehead atoms. The van der Waals surface area contributed by atoms with Crippen LogP contribution in [0.3, 0.4) is 0 Å². The van der Waals surface area contributed by atoms with E-state index in [0.29, 0.717) is 12.3 Å². The van der Waals surface area contributed by atoms with Gasteiger partial charge in [0.25, 0.3) is 0 Å². The number of ether oxygens (including phenoxy) is 1. The number of carbonyl (C=O) groups excluding carboxylic acids is 1. The summed E-state index contributed by atoms with van der Waals surface area (Å²) in [5.41, 5.74) is 2.47. The topological polar surface area (TPSA) is 46.5 Å². The van der Waals surface area contributed by atoms with E-state index in [4.69, 9.17) is 4.74 Å².